The number of nitrogens with one attached hydrogen (secondary N) is 2. The summed E-state index contributed by atoms with van der Waals surface area (Å²) < 4.78 is 5.11. The molecule has 0 radical (unpaired) electrons. The van der Waals surface area contributed by atoms with Crippen molar-refractivity contribution in [3.63, 3.8) is 0 Å². The lowest BCUT2D eigenvalue weighted by Crippen LogP contribution is -2.46. The Labute approximate surface area is 96.6 Å². The van der Waals surface area contributed by atoms with Crippen LogP contribution in [0.3, 0.4) is 0 Å². The van der Waals surface area contributed by atoms with Gasteiger partial charge in [-0.15, -0.1) is 0 Å². The minimum Gasteiger partial charge on any atom is -0.444 e. The first-order valence-electron chi connectivity index (χ1n) is 5.74. The molecule has 2 atom stereocenters. The summed E-state index contributed by atoms with van der Waals surface area (Å²) in [5.41, 5.74) is -0.479. The highest BCUT2D eigenvalue weighted by molar-refractivity contribution is 5.67. The third-order valence-corrected chi connectivity index (χ3v) is 2.48. The summed E-state index contributed by atoms with van der Waals surface area (Å²) in [6, 6.07) is 0. The Balaban J connectivity index is 2.25. The molecule has 0 saturated carbocycles. The summed E-state index contributed by atoms with van der Waals surface area (Å²) in [5, 5.41) is 15.5. The molecule has 0 aromatic rings. The summed E-state index contributed by atoms with van der Waals surface area (Å²) in [5.74, 6) is 0.0706. The van der Waals surface area contributed by atoms with Crippen LogP contribution in [0.25, 0.3) is 0 Å². The van der Waals surface area contributed by atoms with Gasteiger partial charge in [0.15, 0.2) is 0 Å². The molecule has 0 bridgehead atoms. The molecule has 1 fully saturated rings. The van der Waals surface area contributed by atoms with E-state index >= 15 is 0 Å². The van der Waals surface area contributed by atoms with E-state index in [2.05, 4.69) is 10.6 Å². The topological polar surface area (TPSA) is 70.6 Å². The lowest BCUT2D eigenvalue weighted by molar-refractivity contribution is 0.0455. The molecule has 5 nitrogen and oxygen atoms in total. The van der Waals surface area contributed by atoms with Crippen LogP contribution in [0.15, 0.2) is 0 Å². The smallest absolute Gasteiger partial charge is 0.407 e. The molecule has 2 unspecified atom stereocenters. The van der Waals surface area contributed by atoms with Gasteiger partial charge in [0.1, 0.15) is 5.60 Å². The van der Waals surface area contributed by atoms with Crippen molar-refractivity contribution in [2.75, 3.05) is 19.6 Å². The summed E-state index contributed by atoms with van der Waals surface area (Å²) in [7, 11) is 0. The lowest BCUT2D eigenvalue weighted by Gasteiger charge is -2.29. The molecule has 1 saturated heterocycles. The number of alkyl carbamates (subject to hydrolysis) is 1. The zero-order valence-corrected chi connectivity index (χ0v) is 10.2. The first-order valence-corrected chi connectivity index (χ1v) is 5.74. The van der Waals surface area contributed by atoms with E-state index in [9.17, 15) is 9.90 Å². The Kier molecular flexibility index (Phi) is 4.56. The van der Waals surface area contributed by atoms with Gasteiger partial charge in [0.25, 0.3) is 0 Å². The molecule has 1 rings (SSSR count). The molecule has 0 aliphatic carbocycles. The van der Waals surface area contributed by atoms with Crippen LogP contribution >= 0.6 is 0 Å². The molecule has 1 amide bonds. The van der Waals surface area contributed by atoms with Crippen molar-refractivity contribution in [2.24, 2.45) is 5.92 Å². The van der Waals surface area contributed by atoms with Crippen molar-refractivity contribution in [2.45, 2.75) is 38.9 Å². The number of carbonyl (C=O) groups excluding carboxylic acids is 1. The number of aliphatic hydroxyl groups is 1. The Bertz CT molecular complexity index is 238. The van der Waals surface area contributed by atoms with Crippen LogP contribution in [0.2, 0.25) is 0 Å². The number of rotatable bonds is 2. The zero-order chi connectivity index (χ0) is 12.2. The van der Waals surface area contributed by atoms with Gasteiger partial charge in [-0.3, -0.25) is 0 Å². The van der Waals surface area contributed by atoms with E-state index in [1.165, 1.54) is 0 Å². The predicted octanol–water partition coefficient (Wildman–Crippen LogP) is 0.481. The first kappa shape index (κ1) is 13.3. The van der Waals surface area contributed by atoms with E-state index in [-0.39, 0.29) is 12.0 Å². The van der Waals surface area contributed by atoms with Crippen LogP contribution < -0.4 is 10.6 Å². The maximum Gasteiger partial charge on any atom is 0.407 e. The second-order valence-electron chi connectivity index (χ2n) is 5.20. The molecular formula is C11H22N2O3. The number of amides is 1. The van der Waals surface area contributed by atoms with E-state index in [0.29, 0.717) is 6.54 Å². The number of hydrogen-bond donors (Lipinski definition) is 3. The molecule has 0 aromatic carbocycles. The van der Waals surface area contributed by atoms with Crippen LogP contribution in [0.4, 0.5) is 4.79 Å². The van der Waals surface area contributed by atoms with Crippen molar-refractivity contribution in [1.82, 2.24) is 10.6 Å². The fraction of sp³-hybridized carbons (Fsp3) is 0.909. The monoisotopic (exact) mass is 230 g/mol. The quantitative estimate of drug-likeness (QED) is 0.645. The van der Waals surface area contributed by atoms with Crippen LogP contribution in [0.1, 0.15) is 27.2 Å². The summed E-state index contributed by atoms with van der Waals surface area (Å²) >= 11 is 0. The molecule has 94 valence electrons. The maximum atomic E-state index is 11.4. The minimum atomic E-state index is -0.479. The van der Waals surface area contributed by atoms with Crippen molar-refractivity contribution in [1.29, 1.82) is 0 Å². The number of carbonyl (C=O) groups is 1. The highest BCUT2D eigenvalue weighted by Crippen LogP contribution is 2.11. The average molecular weight is 230 g/mol. The summed E-state index contributed by atoms with van der Waals surface area (Å²) in [4.78, 5) is 11.4. The first-order chi connectivity index (χ1) is 7.38. The number of hydrogen-bond acceptors (Lipinski definition) is 4. The van der Waals surface area contributed by atoms with Crippen molar-refractivity contribution in [3.8, 4) is 0 Å². The van der Waals surface area contributed by atoms with Gasteiger partial charge in [-0.05, 0) is 33.7 Å². The maximum absolute atomic E-state index is 11.4. The number of ether oxygens (including phenoxy) is 1. The Morgan fingerprint density at radius 3 is 2.81 bits per heavy atom. The fourth-order valence-corrected chi connectivity index (χ4v) is 1.65. The molecular weight excluding hydrogens is 208 g/mol. The second-order valence-corrected chi connectivity index (χ2v) is 5.20. The lowest BCUT2D eigenvalue weighted by atomic mass is 9.96. The van der Waals surface area contributed by atoms with Crippen LogP contribution in [0.5, 0.6) is 0 Å². The van der Waals surface area contributed by atoms with Crippen molar-refractivity contribution >= 4 is 6.09 Å². The third kappa shape index (κ3) is 4.81. The van der Waals surface area contributed by atoms with Gasteiger partial charge in [0.2, 0.25) is 0 Å². The SMILES string of the molecule is CC(C)(C)OC(=O)NCC1CNCCC1O. The zero-order valence-electron chi connectivity index (χ0n) is 10.2. The largest absolute Gasteiger partial charge is 0.444 e. The Morgan fingerprint density at radius 2 is 2.25 bits per heavy atom. The third-order valence-electron chi connectivity index (χ3n) is 2.48. The van der Waals surface area contributed by atoms with Gasteiger partial charge in [0, 0.05) is 19.0 Å². The predicted molar refractivity (Wildman–Crippen MR) is 61.2 cm³/mol. The summed E-state index contributed by atoms with van der Waals surface area (Å²) in [6.07, 6.45) is -0.0258. The van der Waals surface area contributed by atoms with Gasteiger partial charge in [0.05, 0.1) is 6.10 Å². The number of piperidine rings is 1. The Morgan fingerprint density at radius 1 is 1.56 bits per heavy atom. The number of aliphatic hydroxyl groups excluding tert-OH is 1. The molecule has 1 aliphatic rings. The Hall–Kier alpha value is -0.810. The highest BCUT2D eigenvalue weighted by atomic mass is 16.6. The highest BCUT2D eigenvalue weighted by Gasteiger charge is 2.24. The van der Waals surface area contributed by atoms with E-state index in [4.69, 9.17) is 4.74 Å². The van der Waals surface area contributed by atoms with Crippen LogP contribution in [-0.4, -0.2) is 42.5 Å². The molecule has 1 aliphatic heterocycles. The van der Waals surface area contributed by atoms with Crippen LogP contribution in [0, 0.1) is 5.92 Å². The van der Waals surface area contributed by atoms with Crippen molar-refractivity contribution < 1.29 is 14.6 Å². The van der Waals surface area contributed by atoms with E-state index in [1.807, 2.05) is 20.8 Å². The van der Waals surface area contributed by atoms with Gasteiger partial charge in [-0.25, -0.2) is 4.79 Å². The standard InChI is InChI=1S/C11H22N2O3/c1-11(2,3)16-10(15)13-7-8-6-12-5-4-9(8)14/h8-9,12,14H,4-7H2,1-3H3,(H,13,15). The van der Waals surface area contributed by atoms with Crippen LogP contribution in [-0.2, 0) is 4.74 Å². The average Bonchev–Trinajstić information content (AvgIpc) is 2.14. The summed E-state index contributed by atoms with van der Waals surface area (Å²) in [6.45, 7) is 7.49. The van der Waals surface area contributed by atoms with Gasteiger partial charge >= 0.3 is 6.09 Å². The van der Waals surface area contributed by atoms with Gasteiger partial charge in [-0.2, -0.15) is 0 Å². The van der Waals surface area contributed by atoms with Gasteiger partial charge < -0.3 is 20.5 Å². The van der Waals surface area contributed by atoms with E-state index in [0.717, 1.165) is 19.5 Å². The minimum absolute atomic E-state index is 0.0706. The molecule has 0 spiro atoms. The molecule has 16 heavy (non-hydrogen) atoms. The van der Waals surface area contributed by atoms with E-state index in [1.54, 1.807) is 0 Å². The molecule has 3 N–H and O–H groups in total. The molecule has 1 heterocycles. The second kappa shape index (κ2) is 5.50. The van der Waals surface area contributed by atoms with Crippen molar-refractivity contribution in [3.05, 3.63) is 0 Å². The fourth-order valence-electron chi connectivity index (χ4n) is 1.65. The normalized spacial score (nSPS) is 26.2. The molecule has 0 aromatic heterocycles. The van der Waals surface area contributed by atoms with Gasteiger partial charge in [-0.1, -0.05) is 0 Å². The molecule has 5 heteroatoms. The van der Waals surface area contributed by atoms with E-state index < -0.39 is 11.7 Å².